The summed E-state index contributed by atoms with van der Waals surface area (Å²) in [5.74, 6) is -1.42. The molecule has 0 heterocycles. The van der Waals surface area contributed by atoms with Crippen LogP contribution in [0.15, 0.2) is 54.6 Å². The van der Waals surface area contributed by atoms with Crippen LogP contribution in [-0.2, 0) is 11.2 Å². The fraction of sp³-hybridized carbons (Fsp3) is 0.125. The Balaban J connectivity index is 2.07. The lowest BCUT2D eigenvalue weighted by Crippen LogP contribution is -2.42. The van der Waals surface area contributed by atoms with E-state index in [1.807, 2.05) is 0 Å². The highest BCUT2D eigenvalue weighted by Gasteiger charge is 2.21. The molecular formula is C16H15NO4. The maximum absolute atomic E-state index is 12.0. The van der Waals surface area contributed by atoms with Crippen LogP contribution in [0.4, 0.5) is 0 Å². The summed E-state index contributed by atoms with van der Waals surface area (Å²) in [7, 11) is 0. The van der Waals surface area contributed by atoms with Crippen molar-refractivity contribution in [2.75, 3.05) is 0 Å². The minimum atomic E-state index is -1.10. The van der Waals surface area contributed by atoms with Crippen molar-refractivity contribution in [1.82, 2.24) is 5.32 Å². The van der Waals surface area contributed by atoms with E-state index in [0.717, 1.165) is 0 Å². The fourth-order valence-electron chi connectivity index (χ4n) is 1.90. The SMILES string of the molecule is O=C(N[C@@H](Cc1ccc(O)cc1)C(=O)O)c1ccccc1. The van der Waals surface area contributed by atoms with Gasteiger partial charge in [0.15, 0.2) is 0 Å². The van der Waals surface area contributed by atoms with E-state index < -0.39 is 17.9 Å². The van der Waals surface area contributed by atoms with E-state index in [0.29, 0.717) is 11.1 Å². The van der Waals surface area contributed by atoms with Crippen LogP contribution >= 0.6 is 0 Å². The fourth-order valence-corrected chi connectivity index (χ4v) is 1.90. The molecule has 0 aliphatic carbocycles. The van der Waals surface area contributed by atoms with E-state index in [-0.39, 0.29) is 12.2 Å². The van der Waals surface area contributed by atoms with E-state index >= 15 is 0 Å². The van der Waals surface area contributed by atoms with Gasteiger partial charge >= 0.3 is 5.97 Å². The number of benzene rings is 2. The highest BCUT2D eigenvalue weighted by molar-refractivity contribution is 5.96. The molecule has 1 amide bonds. The Kier molecular flexibility index (Phi) is 4.56. The van der Waals surface area contributed by atoms with E-state index in [1.54, 1.807) is 42.5 Å². The van der Waals surface area contributed by atoms with Crippen LogP contribution in [-0.4, -0.2) is 28.1 Å². The van der Waals surface area contributed by atoms with E-state index in [9.17, 15) is 19.8 Å². The van der Waals surface area contributed by atoms with Gasteiger partial charge in [-0.05, 0) is 29.8 Å². The van der Waals surface area contributed by atoms with Crippen molar-refractivity contribution in [2.24, 2.45) is 0 Å². The smallest absolute Gasteiger partial charge is 0.326 e. The predicted molar refractivity (Wildman–Crippen MR) is 77.1 cm³/mol. The highest BCUT2D eigenvalue weighted by atomic mass is 16.4. The van der Waals surface area contributed by atoms with Gasteiger partial charge in [-0.2, -0.15) is 0 Å². The maximum Gasteiger partial charge on any atom is 0.326 e. The van der Waals surface area contributed by atoms with Gasteiger partial charge in [0.05, 0.1) is 0 Å². The monoisotopic (exact) mass is 285 g/mol. The number of nitrogens with one attached hydrogen (secondary N) is 1. The normalized spacial score (nSPS) is 11.6. The summed E-state index contributed by atoms with van der Waals surface area (Å²) in [5, 5.41) is 20.9. The third-order valence-electron chi connectivity index (χ3n) is 3.02. The summed E-state index contributed by atoms with van der Waals surface area (Å²) >= 11 is 0. The second-order valence-corrected chi connectivity index (χ2v) is 4.60. The number of phenols is 1. The molecule has 2 aromatic rings. The van der Waals surface area contributed by atoms with Gasteiger partial charge in [0.1, 0.15) is 11.8 Å². The second kappa shape index (κ2) is 6.56. The summed E-state index contributed by atoms with van der Waals surface area (Å²) in [6.07, 6.45) is 0.147. The number of carboxylic acids is 1. The van der Waals surface area contributed by atoms with Crippen molar-refractivity contribution in [2.45, 2.75) is 12.5 Å². The largest absolute Gasteiger partial charge is 0.508 e. The lowest BCUT2D eigenvalue weighted by atomic mass is 10.1. The van der Waals surface area contributed by atoms with Crippen molar-refractivity contribution < 1.29 is 19.8 Å². The topological polar surface area (TPSA) is 86.6 Å². The van der Waals surface area contributed by atoms with E-state index in [4.69, 9.17) is 0 Å². The van der Waals surface area contributed by atoms with Gasteiger partial charge in [-0.25, -0.2) is 4.79 Å². The molecule has 108 valence electrons. The number of hydrogen-bond acceptors (Lipinski definition) is 3. The molecular weight excluding hydrogens is 270 g/mol. The minimum Gasteiger partial charge on any atom is -0.508 e. The van der Waals surface area contributed by atoms with Gasteiger partial charge in [0.2, 0.25) is 0 Å². The summed E-state index contributed by atoms with van der Waals surface area (Å²) in [6.45, 7) is 0. The summed E-state index contributed by atoms with van der Waals surface area (Å²) < 4.78 is 0. The quantitative estimate of drug-likeness (QED) is 0.782. The van der Waals surface area contributed by atoms with Crippen LogP contribution in [0.2, 0.25) is 0 Å². The molecule has 0 saturated carbocycles. The number of hydrogen-bond donors (Lipinski definition) is 3. The minimum absolute atomic E-state index is 0.110. The van der Waals surface area contributed by atoms with Crippen LogP contribution in [0.5, 0.6) is 5.75 Å². The van der Waals surface area contributed by atoms with Crippen LogP contribution < -0.4 is 5.32 Å². The van der Waals surface area contributed by atoms with E-state index in [2.05, 4.69) is 5.32 Å². The highest BCUT2D eigenvalue weighted by Crippen LogP contribution is 2.12. The molecule has 0 aliphatic heterocycles. The Bertz CT molecular complexity index is 622. The lowest BCUT2D eigenvalue weighted by Gasteiger charge is -2.14. The molecule has 2 rings (SSSR count). The van der Waals surface area contributed by atoms with Crippen LogP contribution in [0, 0.1) is 0 Å². The first-order chi connectivity index (χ1) is 10.1. The van der Waals surface area contributed by atoms with Crippen molar-refractivity contribution in [1.29, 1.82) is 0 Å². The van der Waals surface area contributed by atoms with Gasteiger partial charge in [-0.1, -0.05) is 30.3 Å². The molecule has 0 saturated heterocycles. The molecule has 0 aromatic heterocycles. The summed E-state index contributed by atoms with van der Waals surface area (Å²) in [6, 6.07) is 13.6. The number of phenolic OH excluding ortho intramolecular Hbond substituents is 1. The molecule has 0 spiro atoms. The number of amides is 1. The van der Waals surface area contributed by atoms with Crippen LogP contribution in [0.25, 0.3) is 0 Å². The van der Waals surface area contributed by atoms with E-state index in [1.165, 1.54) is 12.1 Å². The van der Waals surface area contributed by atoms with Gasteiger partial charge in [0.25, 0.3) is 5.91 Å². The average molecular weight is 285 g/mol. The van der Waals surface area contributed by atoms with Gasteiger partial charge in [-0.3, -0.25) is 4.79 Å². The van der Waals surface area contributed by atoms with Gasteiger partial charge in [-0.15, -0.1) is 0 Å². The molecule has 1 atom stereocenters. The maximum atomic E-state index is 12.0. The van der Waals surface area contributed by atoms with Crippen molar-refractivity contribution in [3.8, 4) is 5.75 Å². The molecule has 0 aliphatic rings. The zero-order chi connectivity index (χ0) is 15.2. The Labute approximate surface area is 121 Å². The molecule has 5 heteroatoms. The molecule has 0 fully saturated rings. The van der Waals surface area contributed by atoms with Crippen molar-refractivity contribution in [3.05, 3.63) is 65.7 Å². The second-order valence-electron chi connectivity index (χ2n) is 4.60. The molecule has 0 unspecified atom stereocenters. The third kappa shape index (κ3) is 4.07. The van der Waals surface area contributed by atoms with Gasteiger partial charge in [0, 0.05) is 12.0 Å². The zero-order valence-corrected chi connectivity index (χ0v) is 11.2. The van der Waals surface area contributed by atoms with Crippen molar-refractivity contribution in [3.63, 3.8) is 0 Å². The molecule has 21 heavy (non-hydrogen) atoms. The number of rotatable bonds is 5. The Morgan fingerprint density at radius 1 is 1.00 bits per heavy atom. The first-order valence-corrected chi connectivity index (χ1v) is 6.43. The Morgan fingerprint density at radius 2 is 1.62 bits per heavy atom. The number of carbonyl (C=O) groups is 2. The van der Waals surface area contributed by atoms with Crippen LogP contribution in [0.1, 0.15) is 15.9 Å². The Hall–Kier alpha value is -2.82. The predicted octanol–water partition coefficient (Wildman–Crippen LogP) is 1.82. The standard InChI is InChI=1S/C16H15NO4/c18-13-8-6-11(7-9-13)10-14(16(20)21)17-15(19)12-4-2-1-3-5-12/h1-9,14,18H,10H2,(H,17,19)(H,20,21)/t14-/m0/s1. The molecule has 2 aromatic carbocycles. The number of aromatic hydroxyl groups is 1. The third-order valence-corrected chi connectivity index (χ3v) is 3.02. The number of aliphatic carboxylic acids is 1. The molecule has 3 N–H and O–H groups in total. The van der Waals surface area contributed by atoms with Gasteiger partial charge < -0.3 is 15.5 Å². The summed E-state index contributed by atoms with van der Waals surface area (Å²) in [5.41, 5.74) is 1.13. The first-order valence-electron chi connectivity index (χ1n) is 6.43. The average Bonchev–Trinajstić information content (AvgIpc) is 2.49. The van der Waals surface area contributed by atoms with Crippen molar-refractivity contribution >= 4 is 11.9 Å². The number of carbonyl (C=O) groups excluding carboxylic acids is 1. The Morgan fingerprint density at radius 3 is 2.19 bits per heavy atom. The molecule has 0 radical (unpaired) electrons. The first kappa shape index (κ1) is 14.6. The molecule has 5 nitrogen and oxygen atoms in total. The molecule has 0 bridgehead atoms. The zero-order valence-electron chi connectivity index (χ0n) is 11.2. The number of carboxylic acid groups (broad SMARTS) is 1. The lowest BCUT2D eigenvalue weighted by molar-refractivity contribution is -0.139. The summed E-state index contributed by atoms with van der Waals surface area (Å²) in [4.78, 5) is 23.3. The van der Waals surface area contributed by atoms with Crippen LogP contribution in [0.3, 0.4) is 0 Å².